The topological polar surface area (TPSA) is 43.4 Å². The first-order valence-electron chi connectivity index (χ1n) is 4.86. The molecule has 1 unspecified atom stereocenters. The van der Waals surface area contributed by atoms with Crippen LogP contribution in [0.3, 0.4) is 0 Å². The number of halogens is 3. The lowest BCUT2D eigenvalue weighted by molar-refractivity contribution is -0.156. The fourth-order valence-corrected chi connectivity index (χ4v) is 1.32. The summed E-state index contributed by atoms with van der Waals surface area (Å²) >= 11 is 0. The van der Waals surface area contributed by atoms with E-state index in [0.29, 0.717) is 0 Å². The summed E-state index contributed by atoms with van der Waals surface area (Å²) in [7, 11) is 1.11. The van der Waals surface area contributed by atoms with Gasteiger partial charge in [-0.1, -0.05) is 13.8 Å². The molecule has 0 rings (SSSR count). The Morgan fingerprint density at radius 3 is 2.06 bits per heavy atom. The second kappa shape index (κ2) is 5.86. The smallest absolute Gasteiger partial charge is 0.389 e. The second-order valence-electron chi connectivity index (χ2n) is 3.83. The van der Waals surface area contributed by atoms with Crippen molar-refractivity contribution in [1.82, 2.24) is 0 Å². The number of carbonyl (C=O) groups is 2. The number of carbonyl (C=O) groups excluding carboxylic acids is 2. The summed E-state index contributed by atoms with van der Waals surface area (Å²) in [4.78, 5) is 22.6. The number of hydrogen-bond acceptors (Lipinski definition) is 3. The zero-order valence-electron chi connectivity index (χ0n) is 9.43. The molecule has 0 N–H and O–H groups in total. The Hall–Kier alpha value is -1.07. The van der Waals surface area contributed by atoms with Gasteiger partial charge >= 0.3 is 12.1 Å². The van der Waals surface area contributed by atoms with Gasteiger partial charge in [-0.25, -0.2) is 0 Å². The molecule has 0 aliphatic rings. The van der Waals surface area contributed by atoms with E-state index in [0.717, 1.165) is 7.11 Å². The zero-order chi connectivity index (χ0) is 12.9. The Kier molecular flexibility index (Phi) is 5.47. The maximum Gasteiger partial charge on any atom is 0.389 e. The van der Waals surface area contributed by atoms with Crippen molar-refractivity contribution in [1.29, 1.82) is 0 Å². The maximum absolute atomic E-state index is 11.9. The third-order valence-electron chi connectivity index (χ3n) is 2.12. The molecular formula is C10H15F3O3. The lowest BCUT2D eigenvalue weighted by Crippen LogP contribution is -2.30. The first kappa shape index (κ1) is 14.9. The van der Waals surface area contributed by atoms with Crippen molar-refractivity contribution in [2.24, 2.45) is 11.8 Å². The quantitative estimate of drug-likeness (QED) is 0.547. The predicted molar refractivity (Wildman–Crippen MR) is 50.6 cm³/mol. The minimum atomic E-state index is -4.38. The molecule has 0 saturated carbocycles. The summed E-state index contributed by atoms with van der Waals surface area (Å²) in [6.45, 7) is 3.18. The van der Waals surface area contributed by atoms with E-state index in [9.17, 15) is 22.8 Å². The number of ether oxygens (including phenoxy) is 1. The van der Waals surface area contributed by atoms with Gasteiger partial charge in [0.05, 0.1) is 13.5 Å². The summed E-state index contributed by atoms with van der Waals surface area (Å²) in [5, 5.41) is 0. The number of methoxy groups -OCH3 is 1. The van der Waals surface area contributed by atoms with Gasteiger partial charge in [-0.05, 0) is 5.92 Å². The third-order valence-corrected chi connectivity index (χ3v) is 2.12. The van der Waals surface area contributed by atoms with Crippen LogP contribution in [0.1, 0.15) is 26.7 Å². The van der Waals surface area contributed by atoms with E-state index in [4.69, 9.17) is 0 Å². The van der Waals surface area contributed by atoms with Gasteiger partial charge in [0.25, 0.3) is 0 Å². The normalized spacial score (nSPS) is 13.7. The lowest BCUT2D eigenvalue weighted by Gasteiger charge is -2.17. The van der Waals surface area contributed by atoms with Crippen LogP contribution >= 0.6 is 0 Å². The van der Waals surface area contributed by atoms with Crippen LogP contribution in [0.15, 0.2) is 0 Å². The highest BCUT2D eigenvalue weighted by molar-refractivity contribution is 5.99. The summed E-state index contributed by atoms with van der Waals surface area (Å²) in [5.41, 5.74) is 0. The largest absolute Gasteiger partial charge is 0.468 e. The fraction of sp³-hybridized carbons (Fsp3) is 0.800. The first-order chi connectivity index (χ1) is 7.19. The van der Waals surface area contributed by atoms with Gasteiger partial charge < -0.3 is 4.74 Å². The van der Waals surface area contributed by atoms with Crippen molar-refractivity contribution in [3.05, 3.63) is 0 Å². The van der Waals surface area contributed by atoms with Crippen LogP contribution in [0.2, 0.25) is 0 Å². The van der Waals surface area contributed by atoms with Crippen LogP contribution in [-0.2, 0) is 14.3 Å². The van der Waals surface area contributed by atoms with Gasteiger partial charge in [0.2, 0.25) is 0 Å². The number of ketones is 1. The highest BCUT2D eigenvalue weighted by Crippen LogP contribution is 2.24. The Morgan fingerprint density at radius 2 is 1.75 bits per heavy atom. The molecule has 0 spiro atoms. The average molecular weight is 240 g/mol. The predicted octanol–water partition coefficient (Wildman–Crippen LogP) is 2.34. The molecule has 94 valence electrons. The molecule has 0 heterocycles. The highest BCUT2D eigenvalue weighted by Gasteiger charge is 2.34. The molecular weight excluding hydrogens is 225 g/mol. The van der Waals surface area contributed by atoms with Gasteiger partial charge in [0.15, 0.2) is 0 Å². The SMILES string of the molecule is COC(=O)C(C(=O)CCC(F)(F)F)C(C)C. The van der Waals surface area contributed by atoms with E-state index in [1.807, 2.05) is 0 Å². The molecule has 0 fully saturated rings. The minimum absolute atomic E-state index is 0.367. The van der Waals surface area contributed by atoms with E-state index in [2.05, 4.69) is 4.74 Å². The molecule has 0 aliphatic carbocycles. The average Bonchev–Trinajstić information content (AvgIpc) is 2.13. The van der Waals surface area contributed by atoms with Gasteiger partial charge in [0, 0.05) is 6.42 Å². The molecule has 0 saturated heterocycles. The standard InChI is InChI=1S/C10H15F3O3/c1-6(2)8(9(15)16-3)7(14)4-5-10(11,12)13/h6,8H,4-5H2,1-3H3. The van der Waals surface area contributed by atoms with Crippen LogP contribution in [0.5, 0.6) is 0 Å². The zero-order valence-corrected chi connectivity index (χ0v) is 9.43. The lowest BCUT2D eigenvalue weighted by atomic mass is 9.89. The van der Waals surface area contributed by atoms with E-state index in [1.165, 1.54) is 0 Å². The number of Topliss-reactive ketones (excluding diaryl/α,β-unsaturated/α-hetero) is 1. The molecule has 0 aromatic carbocycles. The molecule has 16 heavy (non-hydrogen) atoms. The van der Waals surface area contributed by atoms with Crippen LogP contribution in [0.25, 0.3) is 0 Å². The highest BCUT2D eigenvalue weighted by atomic mass is 19.4. The molecule has 0 amide bonds. The summed E-state index contributed by atoms with van der Waals surface area (Å²) in [6.07, 6.45) is -6.26. The summed E-state index contributed by atoms with van der Waals surface area (Å²) in [6, 6.07) is 0. The first-order valence-corrected chi connectivity index (χ1v) is 4.86. The van der Waals surface area contributed by atoms with Gasteiger partial charge in [-0.15, -0.1) is 0 Å². The van der Waals surface area contributed by atoms with Crippen molar-refractivity contribution in [3.63, 3.8) is 0 Å². The molecule has 3 nitrogen and oxygen atoms in total. The Bertz CT molecular complexity index is 259. The number of hydrogen-bond donors (Lipinski definition) is 0. The Labute approximate surface area is 92.0 Å². The Balaban J connectivity index is 4.47. The molecule has 0 aliphatic heterocycles. The maximum atomic E-state index is 11.9. The number of alkyl halides is 3. The monoisotopic (exact) mass is 240 g/mol. The van der Waals surface area contributed by atoms with Crippen molar-refractivity contribution in [2.45, 2.75) is 32.9 Å². The van der Waals surface area contributed by atoms with Gasteiger partial charge in [-0.3, -0.25) is 9.59 Å². The third kappa shape index (κ3) is 5.14. The second-order valence-corrected chi connectivity index (χ2v) is 3.83. The molecule has 0 bridgehead atoms. The van der Waals surface area contributed by atoms with E-state index in [-0.39, 0.29) is 5.92 Å². The number of rotatable bonds is 5. The minimum Gasteiger partial charge on any atom is -0.468 e. The molecule has 0 aromatic rings. The van der Waals surface area contributed by atoms with Gasteiger partial charge in [0.1, 0.15) is 11.7 Å². The Morgan fingerprint density at radius 1 is 1.25 bits per heavy atom. The molecule has 0 aromatic heterocycles. The molecule has 0 radical (unpaired) electrons. The van der Waals surface area contributed by atoms with Gasteiger partial charge in [-0.2, -0.15) is 13.2 Å². The van der Waals surface area contributed by atoms with Crippen molar-refractivity contribution < 1.29 is 27.5 Å². The summed E-state index contributed by atoms with van der Waals surface area (Å²) in [5.74, 6) is -2.97. The van der Waals surface area contributed by atoms with Crippen molar-refractivity contribution in [2.75, 3.05) is 7.11 Å². The van der Waals surface area contributed by atoms with E-state index in [1.54, 1.807) is 13.8 Å². The van der Waals surface area contributed by atoms with E-state index < -0.39 is 36.7 Å². The van der Waals surface area contributed by atoms with Crippen LogP contribution in [0.4, 0.5) is 13.2 Å². The van der Waals surface area contributed by atoms with Crippen LogP contribution in [0, 0.1) is 11.8 Å². The summed E-state index contributed by atoms with van der Waals surface area (Å²) < 4.78 is 40.1. The van der Waals surface area contributed by atoms with Crippen molar-refractivity contribution in [3.8, 4) is 0 Å². The van der Waals surface area contributed by atoms with E-state index >= 15 is 0 Å². The van der Waals surface area contributed by atoms with Crippen LogP contribution in [-0.4, -0.2) is 25.0 Å². The molecule has 6 heteroatoms. The molecule has 1 atom stereocenters. The van der Waals surface area contributed by atoms with Crippen molar-refractivity contribution >= 4 is 11.8 Å². The van der Waals surface area contributed by atoms with Crippen LogP contribution < -0.4 is 0 Å². The number of esters is 1. The fourth-order valence-electron chi connectivity index (χ4n) is 1.32.